The summed E-state index contributed by atoms with van der Waals surface area (Å²) in [5.41, 5.74) is 1.14. The van der Waals surface area contributed by atoms with Crippen molar-refractivity contribution < 1.29 is 9.53 Å². The maximum atomic E-state index is 12.8. The number of halogens is 2. The van der Waals surface area contributed by atoms with Crippen molar-refractivity contribution in [1.82, 2.24) is 10.2 Å². The van der Waals surface area contributed by atoms with E-state index in [0.29, 0.717) is 17.7 Å². The number of rotatable bonds is 5. The van der Waals surface area contributed by atoms with Crippen LogP contribution in [-0.4, -0.2) is 44.1 Å². The van der Waals surface area contributed by atoms with Gasteiger partial charge < -0.3 is 15.0 Å². The average molecular weight is 387 g/mol. The molecule has 2 aliphatic rings. The molecule has 3 rings (SSSR count). The molecular weight excluding hydrogens is 359 g/mol. The minimum atomic E-state index is 0. The third kappa shape index (κ3) is 4.81. The summed E-state index contributed by atoms with van der Waals surface area (Å²) in [6, 6.07) is 5.77. The third-order valence-electron chi connectivity index (χ3n) is 5.49. The molecule has 0 aromatic heterocycles. The van der Waals surface area contributed by atoms with Crippen molar-refractivity contribution >= 4 is 29.9 Å². The third-order valence-corrected chi connectivity index (χ3v) is 5.73. The molecule has 0 spiro atoms. The van der Waals surface area contributed by atoms with Crippen LogP contribution in [-0.2, 0) is 11.2 Å². The maximum absolute atomic E-state index is 12.8. The number of hydrogen-bond acceptors (Lipinski definition) is 3. The summed E-state index contributed by atoms with van der Waals surface area (Å²) in [6.07, 6.45) is 3.14. The van der Waals surface area contributed by atoms with Crippen molar-refractivity contribution in [3.8, 4) is 5.75 Å². The lowest BCUT2D eigenvalue weighted by Gasteiger charge is -2.38. The van der Waals surface area contributed by atoms with Crippen LogP contribution in [0.1, 0.15) is 25.3 Å². The van der Waals surface area contributed by atoms with Crippen LogP contribution >= 0.6 is 24.0 Å². The quantitative estimate of drug-likeness (QED) is 0.842. The fourth-order valence-corrected chi connectivity index (χ4v) is 4.00. The zero-order chi connectivity index (χ0) is 17.1. The number of methoxy groups -OCH3 is 1. The monoisotopic (exact) mass is 386 g/mol. The Morgan fingerprint density at radius 3 is 2.84 bits per heavy atom. The Balaban J connectivity index is 0.00000225. The Morgan fingerprint density at radius 1 is 1.44 bits per heavy atom. The first-order chi connectivity index (χ1) is 11.6. The van der Waals surface area contributed by atoms with Gasteiger partial charge in [0.05, 0.1) is 7.11 Å². The zero-order valence-electron chi connectivity index (χ0n) is 15.0. The van der Waals surface area contributed by atoms with Gasteiger partial charge in [-0.2, -0.15) is 0 Å². The van der Waals surface area contributed by atoms with Crippen LogP contribution in [0.25, 0.3) is 0 Å². The number of nitrogens with zero attached hydrogens (tertiary/aromatic N) is 1. The molecule has 2 fully saturated rings. The van der Waals surface area contributed by atoms with E-state index in [-0.39, 0.29) is 18.3 Å². The molecule has 2 saturated heterocycles. The van der Waals surface area contributed by atoms with Crippen LogP contribution in [0, 0.1) is 17.8 Å². The summed E-state index contributed by atoms with van der Waals surface area (Å²) >= 11 is 6.14. The summed E-state index contributed by atoms with van der Waals surface area (Å²) < 4.78 is 5.46. The number of ether oxygens (including phenoxy) is 1. The van der Waals surface area contributed by atoms with Gasteiger partial charge in [0.1, 0.15) is 5.75 Å². The second kappa shape index (κ2) is 9.11. The van der Waals surface area contributed by atoms with Gasteiger partial charge in [-0.25, -0.2) is 0 Å². The van der Waals surface area contributed by atoms with E-state index in [1.807, 2.05) is 18.2 Å². The van der Waals surface area contributed by atoms with Gasteiger partial charge >= 0.3 is 0 Å². The van der Waals surface area contributed by atoms with Gasteiger partial charge in [-0.1, -0.05) is 18.5 Å². The van der Waals surface area contributed by atoms with E-state index in [4.69, 9.17) is 16.3 Å². The number of piperidine rings is 1. The molecule has 2 unspecified atom stereocenters. The van der Waals surface area contributed by atoms with Crippen LogP contribution in [0.5, 0.6) is 5.75 Å². The normalized spacial score (nSPS) is 21.9. The van der Waals surface area contributed by atoms with Gasteiger partial charge in [0.2, 0.25) is 5.91 Å². The highest BCUT2D eigenvalue weighted by atomic mass is 35.5. The van der Waals surface area contributed by atoms with Crippen molar-refractivity contribution in [1.29, 1.82) is 0 Å². The molecule has 2 atom stereocenters. The molecule has 1 aromatic rings. The number of carbonyl (C=O) groups is 1. The van der Waals surface area contributed by atoms with Crippen molar-refractivity contribution in [2.75, 3.05) is 33.3 Å². The lowest BCUT2D eigenvalue weighted by atomic mass is 9.86. The molecular formula is C19H28Cl2N2O2. The van der Waals surface area contributed by atoms with E-state index in [0.717, 1.165) is 61.8 Å². The van der Waals surface area contributed by atoms with Crippen LogP contribution in [0.3, 0.4) is 0 Å². The van der Waals surface area contributed by atoms with Crippen LogP contribution < -0.4 is 10.1 Å². The van der Waals surface area contributed by atoms with E-state index < -0.39 is 0 Å². The summed E-state index contributed by atoms with van der Waals surface area (Å²) in [5, 5.41) is 4.00. The highest BCUT2D eigenvalue weighted by Crippen LogP contribution is 2.29. The Hall–Kier alpha value is -0.970. The van der Waals surface area contributed by atoms with E-state index in [9.17, 15) is 4.79 Å². The van der Waals surface area contributed by atoms with Crippen LogP contribution in [0.2, 0.25) is 5.02 Å². The lowest BCUT2D eigenvalue weighted by Crippen LogP contribution is -2.52. The Labute approximate surface area is 161 Å². The summed E-state index contributed by atoms with van der Waals surface area (Å²) in [4.78, 5) is 14.8. The van der Waals surface area contributed by atoms with Gasteiger partial charge in [-0.05, 0) is 68.0 Å². The molecule has 0 saturated carbocycles. The van der Waals surface area contributed by atoms with E-state index in [1.165, 1.54) is 0 Å². The molecule has 140 valence electrons. The van der Waals surface area contributed by atoms with Gasteiger partial charge in [-0.3, -0.25) is 4.79 Å². The summed E-state index contributed by atoms with van der Waals surface area (Å²) in [6.45, 7) is 5.77. The van der Waals surface area contributed by atoms with Gasteiger partial charge in [0.25, 0.3) is 0 Å². The van der Waals surface area contributed by atoms with Gasteiger partial charge in [0, 0.05) is 24.0 Å². The highest BCUT2D eigenvalue weighted by molar-refractivity contribution is 6.30. The van der Waals surface area contributed by atoms with E-state index >= 15 is 0 Å². The largest absolute Gasteiger partial charge is 0.496 e. The molecule has 1 aromatic carbocycles. The molecule has 2 heterocycles. The fraction of sp³-hybridized carbons (Fsp3) is 0.632. The summed E-state index contributed by atoms with van der Waals surface area (Å²) in [7, 11) is 1.69. The summed E-state index contributed by atoms with van der Waals surface area (Å²) in [5.74, 6) is 2.32. The van der Waals surface area contributed by atoms with Gasteiger partial charge in [0.15, 0.2) is 0 Å². The SMILES string of the molecule is COc1ccc(Cl)cc1CC1CCCN(C(=O)C(C)C2CNC2)C1.Cl. The molecule has 4 nitrogen and oxygen atoms in total. The minimum absolute atomic E-state index is 0. The molecule has 0 radical (unpaired) electrons. The number of nitrogens with one attached hydrogen (secondary N) is 1. The maximum Gasteiger partial charge on any atom is 0.225 e. The van der Waals surface area contributed by atoms with Crippen molar-refractivity contribution in [2.24, 2.45) is 17.8 Å². The number of hydrogen-bond donors (Lipinski definition) is 1. The molecule has 1 N–H and O–H groups in total. The number of likely N-dealkylation sites (tertiary alicyclic amines) is 1. The first-order valence-electron chi connectivity index (χ1n) is 8.90. The molecule has 1 amide bonds. The zero-order valence-corrected chi connectivity index (χ0v) is 16.5. The standard InChI is InChI=1S/C19H27ClN2O2.ClH/c1-13(16-10-21-11-16)19(23)22-7-3-4-14(12-22)8-15-9-17(20)5-6-18(15)24-2;/h5-6,9,13-14,16,21H,3-4,7-8,10-12H2,1-2H3;1H. The van der Waals surface area contributed by atoms with Crippen LogP contribution in [0.4, 0.5) is 0 Å². The molecule has 0 aliphatic carbocycles. The second-order valence-corrected chi connectivity index (χ2v) is 7.60. The number of carbonyl (C=O) groups excluding carboxylic acids is 1. The molecule has 25 heavy (non-hydrogen) atoms. The lowest BCUT2D eigenvalue weighted by molar-refractivity contribution is -0.139. The minimum Gasteiger partial charge on any atom is -0.496 e. The van der Waals surface area contributed by atoms with Crippen molar-refractivity contribution in [3.05, 3.63) is 28.8 Å². The highest BCUT2D eigenvalue weighted by Gasteiger charge is 2.33. The van der Waals surface area contributed by atoms with Gasteiger partial charge in [-0.15, -0.1) is 12.4 Å². The van der Waals surface area contributed by atoms with Crippen LogP contribution in [0.15, 0.2) is 18.2 Å². The Morgan fingerprint density at radius 2 is 2.20 bits per heavy atom. The topological polar surface area (TPSA) is 41.6 Å². The number of benzene rings is 1. The molecule has 6 heteroatoms. The Kier molecular flexibility index (Phi) is 7.41. The van der Waals surface area contributed by atoms with E-state index in [1.54, 1.807) is 7.11 Å². The Bertz CT molecular complexity index is 593. The first-order valence-corrected chi connectivity index (χ1v) is 9.28. The first kappa shape index (κ1) is 20.3. The smallest absolute Gasteiger partial charge is 0.225 e. The number of amides is 1. The molecule has 0 bridgehead atoms. The van der Waals surface area contributed by atoms with Crippen molar-refractivity contribution in [2.45, 2.75) is 26.2 Å². The second-order valence-electron chi connectivity index (χ2n) is 7.16. The average Bonchev–Trinajstić information content (AvgIpc) is 2.53. The van der Waals surface area contributed by atoms with Crippen molar-refractivity contribution in [3.63, 3.8) is 0 Å². The predicted octanol–water partition coefficient (Wildman–Crippen LogP) is 3.41. The predicted molar refractivity (Wildman–Crippen MR) is 104 cm³/mol. The van der Waals surface area contributed by atoms with E-state index in [2.05, 4.69) is 17.1 Å². The molecule has 2 aliphatic heterocycles. The fourth-order valence-electron chi connectivity index (χ4n) is 3.80.